The Morgan fingerprint density at radius 1 is 1.27 bits per heavy atom. The molecule has 0 saturated carbocycles. The quantitative estimate of drug-likeness (QED) is 0.875. The summed E-state index contributed by atoms with van der Waals surface area (Å²) < 4.78 is 1.20. The summed E-state index contributed by atoms with van der Waals surface area (Å²) in [5.41, 5.74) is 2.62. The van der Waals surface area contributed by atoms with Crippen LogP contribution in [-0.4, -0.2) is 6.04 Å². The molecule has 0 radical (unpaired) electrons. The predicted molar refractivity (Wildman–Crippen MR) is 70.0 cm³/mol. The molecule has 1 rings (SSSR count). The van der Waals surface area contributed by atoms with Crippen LogP contribution in [0.25, 0.3) is 0 Å². The molecule has 0 bridgehead atoms. The van der Waals surface area contributed by atoms with E-state index >= 15 is 0 Å². The second-order valence-corrected chi connectivity index (χ2v) is 5.36. The summed E-state index contributed by atoms with van der Waals surface area (Å²) in [4.78, 5) is 0. The molecule has 0 spiro atoms. The lowest BCUT2D eigenvalue weighted by Crippen LogP contribution is -2.30. The number of aryl methyl sites for hydroxylation is 1. The molecular weight excluding hydrogens is 250 g/mol. The molecular formula is C13H20BrN. The van der Waals surface area contributed by atoms with E-state index < -0.39 is 0 Å². The van der Waals surface area contributed by atoms with Crippen molar-refractivity contribution in [3.05, 3.63) is 33.8 Å². The van der Waals surface area contributed by atoms with Crippen LogP contribution in [0, 0.1) is 12.8 Å². The van der Waals surface area contributed by atoms with Crippen LogP contribution in [0.3, 0.4) is 0 Å². The molecule has 1 unspecified atom stereocenters. The van der Waals surface area contributed by atoms with Gasteiger partial charge >= 0.3 is 0 Å². The van der Waals surface area contributed by atoms with Crippen LogP contribution in [0.4, 0.5) is 0 Å². The van der Waals surface area contributed by atoms with Gasteiger partial charge in [0.15, 0.2) is 0 Å². The average Bonchev–Trinajstić information content (AvgIpc) is 2.15. The Kier molecular flexibility index (Phi) is 4.81. The number of benzene rings is 1. The molecule has 0 aromatic heterocycles. The Bertz CT molecular complexity index is 320. The fraction of sp³-hybridized carbons (Fsp3) is 0.538. The Morgan fingerprint density at radius 3 is 2.47 bits per heavy atom. The zero-order valence-electron chi connectivity index (χ0n) is 9.97. The summed E-state index contributed by atoms with van der Waals surface area (Å²) in [6.45, 7) is 9.75. The van der Waals surface area contributed by atoms with Crippen molar-refractivity contribution < 1.29 is 0 Å². The van der Waals surface area contributed by atoms with E-state index in [1.807, 2.05) is 0 Å². The summed E-state index contributed by atoms with van der Waals surface area (Å²) in [7, 11) is 0. The highest BCUT2D eigenvalue weighted by Gasteiger charge is 2.07. The van der Waals surface area contributed by atoms with Crippen LogP contribution in [0.15, 0.2) is 22.7 Å². The standard InChI is InChI=1S/C13H20BrN/c1-9(2)11(4)15-8-12-6-5-10(3)7-13(12)14/h5-7,9,11,15H,8H2,1-4H3. The van der Waals surface area contributed by atoms with Gasteiger partial charge < -0.3 is 5.32 Å². The largest absolute Gasteiger partial charge is 0.310 e. The molecule has 1 aromatic rings. The predicted octanol–water partition coefficient (Wildman–Crippen LogP) is 3.89. The van der Waals surface area contributed by atoms with E-state index in [1.165, 1.54) is 15.6 Å². The molecule has 2 heteroatoms. The molecule has 15 heavy (non-hydrogen) atoms. The third-order valence-electron chi connectivity index (χ3n) is 2.82. The van der Waals surface area contributed by atoms with Gasteiger partial charge in [-0.3, -0.25) is 0 Å². The number of rotatable bonds is 4. The van der Waals surface area contributed by atoms with Gasteiger partial charge in [-0.25, -0.2) is 0 Å². The van der Waals surface area contributed by atoms with Crippen molar-refractivity contribution >= 4 is 15.9 Å². The Hall–Kier alpha value is -0.340. The van der Waals surface area contributed by atoms with Crippen LogP contribution in [0.2, 0.25) is 0 Å². The second-order valence-electron chi connectivity index (χ2n) is 4.51. The number of hydrogen-bond donors (Lipinski definition) is 1. The molecule has 0 saturated heterocycles. The van der Waals surface area contributed by atoms with Crippen molar-refractivity contribution in [2.45, 2.75) is 40.3 Å². The summed E-state index contributed by atoms with van der Waals surface area (Å²) in [6, 6.07) is 7.05. The van der Waals surface area contributed by atoms with Crippen molar-refractivity contribution in [2.75, 3.05) is 0 Å². The molecule has 0 aliphatic carbocycles. The van der Waals surface area contributed by atoms with Gasteiger partial charge in [0.25, 0.3) is 0 Å². The lowest BCUT2D eigenvalue weighted by molar-refractivity contribution is 0.426. The third-order valence-corrected chi connectivity index (χ3v) is 3.56. The van der Waals surface area contributed by atoms with Crippen molar-refractivity contribution in [1.29, 1.82) is 0 Å². The van der Waals surface area contributed by atoms with Crippen molar-refractivity contribution in [3.63, 3.8) is 0 Å². The van der Waals surface area contributed by atoms with Gasteiger partial charge in [-0.2, -0.15) is 0 Å². The lowest BCUT2D eigenvalue weighted by Gasteiger charge is -2.18. The summed E-state index contributed by atoms with van der Waals surface area (Å²) in [5, 5.41) is 3.53. The second kappa shape index (κ2) is 5.66. The minimum absolute atomic E-state index is 0.554. The average molecular weight is 270 g/mol. The molecule has 0 fully saturated rings. The van der Waals surface area contributed by atoms with Crippen LogP contribution in [0.5, 0.6) is 0 Å². The Labute approximate surface area is 101 Å². The van der Waals surface area contributed by atoms with Crippen LogP contribution in [-0.2, 0) is 6.54 Å². The van der Waals surface area contributed by atoms with Gasteiger partial charge in [0, 0.05) is 17.1 Å². The summed E-state index contributed by atoms with van der Waals surface area (Å²) in [6.07, 6.45) is 0. The Morgan fingerprint density at radius 2 is 1.93 bits per heavy atom. The third kappa shape index (κ3) is 3.96. The maximum absolute atomic E-state index is 3.59. The van der Waals surface area contributed by atoms with Crippen molar-refractivity contribution in [1.82, 2.24) is 5.32 Å². The minimum atomic E-state index is 0.554. The van der Waals surface area contributed by atoms with E-state index in [-0.39, 0.29) is 0 Å². The fourth-order valence-electron chi connectivity index (χ4n) is 1.30. The van der Waals surface area contributed by atoms with Gasteiger partial charge in [-0.1, -0.05) is 41.9 Å². The van der Waals surface area contributed by atoms with E-state index in [0.717, 1.165) is 6.54 Å². The Balaban J connectivity index is 2.58. The van der Waals surface area contributed by atoms with E-state index in [1.54, 1.807) is 0 Å². The smallest absolute Gasteiger partial charge is 0.0222 e. The van der Waals surface area contributed by atoms with Crippen molar-refractivity contribution in [3.8, 4) is 0 Å². The molecule has 1 N–H and O–H groups in total. The zero-order chi connectivity index (χ0) is 11.4. The molecule has 0 aliphatic rings. The highest BCUT2D eigenvalue weighted by molar-refractivity contribution is 9.10. The van der Waals surface area contributed by atoms with E-state index in [2.05, 4.69) is 67.1 Å². The summed E-state index contributed by atoms with van der Waals surface area (Å²) in [5.74, 6) is 0.675. The molecule has 1 atom stereocenters. The van der Waals surface area contributed by atoms with Crippen molar-refractivity contribution in [2.24, 2.45) is 5.92 Å². The van der Waals surface area contributed by atoms with Gasteiger partial charge in [-0.05, 0) is 37.0 Å². The van der Waals surface area contributed by atoms with E-state index in [4.69, 9.17) is 0 Å². The molecule has 1 aromatic carbocycles. The fourth-order valence-corrected chi connectivity index (χ4v) is 1.94. The maximum atomic E-state index is 3.59. The van der Waals surface area contributed by atoms with Crippen LogP contribution >= 0.6 is 15.9 Å². The van der Waals surface area contributed by atoms with E-state index in [0.29, 0.717) is 12.0 Å². The van der Waals surface area contributed by atoms with E-state index in [9.17, 15) is 0 Å². The lowest BCUT2D eigenvalue weighted by atomic mass is 10.1. The SMILES string of the molecule is Cc1ccc(CNC(C)C(C)C)c(Br)c1. The number of halogens is 1. The van der Waals surface area contributed by atoms with Gasteiger partial charge in [0.1, 0.15) is 0 Å². The topological polar surface area (TPSA) is 12.0 Å². The maximum Gasteiger partial charge on any atom is 0.0222 e. The minimum Gasteiger partial charge on any atom is -0.310 e. The normalized spacial score (nSPS) is 13.2. The molecule has 0 heterocycles. The number of hydrogen-bond acceptors (Lipinski definition) is 1. The number of nitrogens with one attached hydrogen (secondary N) is 1. The van der Waals surface area contributed by atoms with Gasteiger partial charge in [0.2, 0.25) is 0 Å². The first kappa shape index (κ1) is 12.7. The van der Waals surface area contributed by atoms with Crippen LogP contribution < -0.4 is 5.32 Å². The first-order chi connectivity index (χ1) is 7.00. The first-order valence-electron chi connectivity index (χ1n) is 5.49. The molecule has 1 nitrogen and oxygen atoms in total. The molecule has 0 amide bonds. The molecule has 0 aliphatic heterocycles. The summed E-state index contributed by atoms with van der Waals surface area (Å²) >= 11 is 3.59. The van der Waals surface area contributed by atoms with Gasteiger partial charge in [0.05, 0.1) is 0 Å². The highest BCUT2D eigenvalue weighted by Crippen LogP contribution is 2.18. The van der Waals surface area contributed by atoms with Gasteiger partial charge in [-0.15, -0.1) is 0 Å². The van der Waals surface area contributed by atoms with Crippen LogP contribution in [0.1, 0.15) is 31.9 Å². The zero-order valence-corrected chi connectivity index (χ0v) is 11.6. The highest BCUT2D eigenvalue weighted by atomic mass is 79.9. The first-order valence-corrected chi connectivity index (χ1v) is 6.28. The monoisotopic (exact) mass is 269 g/mol. The molecule has 84 valence electrons.